The van der Waals surface area contributed by atoms with Crippen molar-refractivity contribution >= 4 is 17.7 Å². The summed E-state index contributed by atoms with van der Waals surface area (Å²) in [5.41, 5.74) is 0.703. The average molecular weight is 290 g/mol. The van der Waals surface area contributed by atoms with Gasteiger partial charge in [-0.3, -0.25) is 4.90 Å². The summed E-state index contributed by atoms with van der Waals surface area (Å²) in [6, 6.07) is 7.27. The van der Waals surface area contributed by atoms with Gasteiger partial charge in [-0.05, 0) is 38.3 Å². The Morgan fingerprint density at radius 2 is 1.90 bits per heavy atom. The predicted octanol–water partition coefficient (Wildman–Crippen LogP) is 2.93. The largest absolute Gasteiger partial charge is 0.480 e. The molecule has 1 saturated carbocycles. The Hall–Kier alpha value is -2.04. The van der Waals surface area contributed by atoms with Crippen LogP contribution in [-0.4, -0.2) is 29.2 Å². The molecule has 2 amide bonds. The van der Waals surface area contributed by atoms with Gasteiger partial charge in [-0.15, -0.1) is 0 Å². The fourth-order valence-electron chi connectivity index (χ4n) is 2.93. The molecular weight excluding hydrogens is 268 g/mol. The first kappa shape index (κ1) is 15.4. The molecule has 0 atom stereocenters. The van der Waals surface area contributed by atoms with Crippen molar-refractivity contribution in [2.24, 2.45) is 0 Å². The van der Waals surface area contributed by atoms with Gasteiger partial charge in [-0.1, -0.05) is 31.0 Å². The molecule has 1 fully saturated rings. The van der Waals surface area contributed by atoms with Crippen LogP contribution >= 0.6 is 0 Å². The lowest BCUT2D eigenvalue weighted by atomic mass is 9.98. The van der Waals surface area contributed by atoms with Crippen molar-refractivity contribution in [3.63, 3.8) is 0 Å². The Labute approximate surface area is 125 Å². The highest BCUT2D eigenvalue weighted by atomic mass is 16.4. The molecule has 0 spiro atoms. The molecular formula is C16H22N2O3. The van der Waals surface area contributed by atoms with E-state index < -0.39 is 11.5 Å². The zero-order chi connectivity index (χ0) is 15.5. The number of carboxylic acid groups (broad SMARTS) is 1. The van der Waals surface area contributed by atoms with Crippen LogP contribution in [0.1, 0.15) is 38.2 Å². The van der Waals surface area contributed by atoms with Gasteiger partial charge < -0.3 is 10.4 Å². The molecule has 1 aliphatic rings. The zero-order valence-electron chi connectivity index (χ0n) is 12.6. The Morgan fingerprint density at radius 1 is 1.29 bits per heavy atom. The number of rotatable bonds is 4. The van der Waals surface area contributed by atoms with Crippen molar-refractivity contribution in [2.75, 3.05) is 11.4 Å². The monoisotopic (exact) mass is 290 g/mol. The van der Waals surface area contributed by atoms with E-state index in [0.29, 0.717) is 19.4 Å². The quantitative estimate of drug-likeness (QED) is 0.895. The summed E-state index contributed by atoms with van der Waals surface area (Å²) in [6.07, 6.45) is 2.67. The molecule has 0 aliphatic heterocycles. The van der Waals surface area contributed by atoms with Crippen molar-refractivity contribution in [3.05, 3.63) is 29.8 Å². The van der Waals surface area contributed by atoms with Crippen molar-refractivity contribution in [2.45, 2.75) is 45.1 Å². The van der Waals surface area contributed by atoms with Crippen LogP contribution in [0.2, 0.25) is 0 Å². The molecule has 5 heteroatoms. The van der Waals surface area contributed by atoms with Gasteiger partial charge in [0.1, 0.15) is 5.54 Å². The van der Waals surface area contributed by atoms with E-state index in [9.17, 15) is 14.7 Å². The van der Waals surface area contributed by atoms with E-state index in [-0.39, 0.29) is 6.03 Å². The second-order valence-electron chi connectivity index (χ2n) is 5.56. The Balaban J connectivity index is 2.21. The molecule has 0 aromatic heterocycles. The molecule has 0 radical (unpaired) electrons. The van der Waals surface area contributed by atoms with Gasteiger partial charge in [0.05, 0.1) is 0 Å². The second-order valence-corrected chi connectivity index (χ2v) is 5.56. The third-order valence-corrected chi connectivity index (χ3v) is 4.18. The Kier molecular flexibility index (Phi) is 4.50. The number of carbonyl (C=O) groups excluding carboxylic acids is 1. The van der Waals surface area contributed by atoms with Crippen LogP contribution in [-0.2, 0) is 4.79 Å². The smallest absolute Gasteiger partial charge is 0.329 e. The Bertz CT molecular complexity index is 536. The summed E-state index contributed by atoms with van der Waals surface area (Å²) in [5, 5.41) is 12.2. The van der Waals surface area contributed by atoms with Crippen molar-refractivity contribution < 1.29 is 14.7 Å². The van der Waals surface area contributed by atoms with E-state index in [1.807, 2.05) is 38.1 Å². The van der Waals surface area contributed by atoms with Crippen molar-refractivity contribution in [1.82, 2.24) is 5.32 Å². The average Bonchev–Trinajstić information content (AvgIpc) is 2.91. The maximum absolute atomic E-state index is 12.5. The number of carboxylic acids is 1. The molecule has 21 heavy (non-hydrogen) atoms. The minimum Gasteiger partial charge on any atom is -0.480 e. The molecule has 5 nitrogen and oxygen atoms in total. The van der Waals surface area contributed by atoms with Gasteiger partial charge in [-0.25, -0.2) is 9.59 Å². The molecule has 1 aliphatic carbocycles. The van der Waals surface area contributed by atoms with Crippen LogP contribution in [0, 0.1) is 6.92 Å². The highest BCUT2D eigenvalue weighted by molar-refractivity contribution is 5.96. The second kappa shape index (κ2) is 6.16. The van der Waals surface area contributed by atoms with E-state index in [1.165, 1.54) is 0 Å². The van der Waals surface area contributed by atoms with E-state index in [2.05, 4.69) is 5.32 Å². The van der Waals surface area contributed by atoms with E-state index in [0.717, 1.165) is 24.1 Å². The highest BCUT2D eigenvalue weighted by Crippen LogP contribution is 2.30. The number of anilines is 1. The first-order valence-corrected chi connectivity index (χ1v) is 7.39. The lowest BCUT2D eigenvalue weighted by molar-refractivity contribution is -0.144. The van der Waals surface area contributed by atoms with Gasteiger partial charge in [0, 0.05) is 12.2 Å². The zero-order valence-corrected chi connectivity index (χ0v) is 12.6. The molecule has 0 saturated heterocycles. The fourth-order valence-corrected chi connectivity index (χ4v) is 2.93. The van der Waals surface area contributed by atoms with Crippen molar-refractivity contribution in [3.8, 4) is 0 Å². The first-order chi connectivity index (χ1) is 10.00. The lowest BCUT2D eigenvalue weighted by Crippen LogP contribution is -2.56. The van der Waals surface area contributed by atoms with E-state index in [1.54, 1.807) is 4.90 Å². The number of amides is 2. The molecule has 2 rings (SSSR count). The standard InChI is InChI=1S/C16H22N2O3/c1-3-18(13-9-5-4-8-12(13)2)15(21)17-16(14(19)20)10-6-7-11-16/h4-5,8-9H,3,6-7,10-11H2,1-2H3,(H,17,21)(H,19,20). The minimum absolute atomic E-state index is 0.337. The van der Waals surface area contributed by atoms with Gasteiger partial charge >= 0.3 is 12.0 Å². The van der Waals surface area contributed by atoms with Gasteiger partial charge in [0.15, 0.2) is 0 Å². The lowest BCUT2D eigenvalue weighted by Gasteiger charge is -2.30. The van der Waals surface area contributed by atoms with Crippen LogP contribution in [0.25, 0.3) is 0 Å². The summed E-state index contributed by atoms with van der Waals surface area (Å²) in [5.74, 6) is -0.936. The molecule has 0 bridgehead atoms. The van der Waals surface area contributed by atoms with Gasteiger partial charge in [-0.2, -0.15) is 0 Å². The topological polar surface area (TPSA) is 69.6 Å². The molecule has 1 aromatic rings. The molecule has 114 valence electrons. The number of urea groups is 1. The minimum atomic E-state index is -1.10. The number of hydrogen-bond donors (Lipinski definition) is 2. The number of para-hydroxylation sites is 1. The normalized spacial score (nSPS) is 16.5. The number of benzene rings is 1. The van der Waals surface area contributed by atoms with E-state index in [4.69, 9.17) is 0 Å². The summed E-state index contributed by atoms with van der Waals surface area (Å²) in [6.45, 7) is 4.31. The fraction of sp³-hybridized carbons (Fsp3) is 0.500. The van der Waals surface area contributed by atoms with Crippen molar-refractivity contribution in [1.29, 1.82) is 0 Å². The summed E-state index contributed by atoms with van der Waals surface area (Å²) >= 11 is 0. The van der Waals surface area contributed by atoms with Crippen LogP contribution in [0.3, 0.4) is 0 Å². The first-order valence-electron chi connectivity index (χ1n) is 7.39. The summed E-state index contributed by atoms with van der Waals surface area (Å²) < 4.78 is 0. The molecule has 0 unspecified atom stereocenters. The molecule has 1 aromatic carbocycles. The highest BCUT2D eigenvalue weighted by Gasteiger charge is 2.43. The summed E-state index contributed by atoms with van der Waals surface area (Å²) in [4.78, 5) is 25.7. The predicted molar refractivity (Wildman–Crippen MR) is 81.6 cm³/mol. The number of hydrogen-bond acceptors (Lipinski definition) is 2. The maximum atomic E-state index is 12.5. The number of nitrogens with one attached hydrogen (secondary N) is 1. The van der Waals surface area contributed by atoms with Crippen LogP contribution in [0.5, 0.6) is 0 Å². The number of nitrogens with zero attached hydrogens (tertiary/aromatic N) is 1. The maximum Gasteiger partial charge on any atom is 0.329 e. The number of aryl methyl sites for hydroxylation is 1. The van der Waals surface area contributed by atoms with Crippen LogP contribution in [0.15, 0.2) is 24.3 Å². The van der Waals surface area contributed by atoms with Gasteiger partial charge in [0.2, 0.25) is 0 Å². The third-order valence-electron chi connectivity index (χ3n) is 4.18. The van der Waals surface area contributed by atoms with E-state index >= 15 is 0 Å². The molecule has 0 heterocycles. The number of carbonyl (C=O) groups is 2. The third kappa shape index (κ3) is 3.01. The van der Waals surface area contributed by atoms with Crippen LogP contribution < -0.4 is 10.2 Å². The van der Waals surface area contributed by atoms with Crippen LogP contribution in [0.4, 0.5) is 10.5 Å². The summed E-state index contributed by atoms with van der Waals surface area (Å²) in [7, 11) is 0. The SMILES string of the molecule is CCN(C(=O)NC1(C(=O)O)CCCC1)c1ccccc1C. The number of aliphatic carboxylic acids is 1. The Morgan fingerprint density at radius 3 is 2.43 bits per heavy atom. The molecule has 2 N–H and O–H groups in total. The van der Waals surface area contributed by atoms with Gasteiger partial charge in [0.25, 0.3) is 0 Å².